The van der Waals surface area contributed by atoms with Crippen LogP contribution in [0.1, 0.15) is 13.3 Å². The van der Waals surface area contributed by atoms with Crippen LogP contribution in [0.3, 0.4) is 0 Å². The molecule has 0 spiro atoms. The fourth-order valence-electron chi connectivity index (χ4n) is 2.25. The van der Waals surface area contributed by atoms with Gasteiger partial charge in [0.05, 0.1) is 0 Å². The van der Waals surface area contributed by atoms with Crippen molar-refractivity contribution in [3.63, 3.8) is 0 Å². The zero-order valence-electron chi connectivity index (χ0n) is 11.6. The van der Waals surface area contributed by atoms with Crippen molar-refractivity contribution in [2.24, 2.45) is 0 Å². The number of hydrogen-bond donors (Lipinski definition) is 1. The summed E-state index contributed by atoms with van der Waals surface area (Å²) >= 11 is 5.89. The van der Waals surface area contributed by atoms with Gasteiger partial charge in [-0.2, -0.15) is 0 Å². The van der Waals surface area contributed by atoms with Gasteiger partial charge in [-0.25, -0.2) is 0 Å². The van der Waals surface area contributed by atoms with Crippen LogP contribution in [0.5, 0.6) is 5.75 Å². The van der Waals surface area contributed by atoms with Gasteiger partial charge in [0, 0.05) is 24.2 Å². The van der Waals surface area contributed by atoms with E-state index >= 15 is 0 Å². The van der Waals surface area contributed by atoms with E-state index in [4.69, 9.17) is 16.3 Å². The molecule has 0 bridgehead atoms. The molecule has 1 N–H and O–H groups in total. The maximum Gasteiger partial charge on any atom is 0.263 e. The first-order valence-electron chi connectivity index (χ1n) is 6.48. The lowest BCUT2D eigenvalue weighted by Gasteiger charge is -2.21. The second-order valence-electron chi connectivity index (χ2n) is 4.78. The van der Waals surface area contributed by atoms with Crippen LogP contribution >= 0.6 is 24.0 Å². The Balaban J connectivity index is 0.00000200. The monoisotopic (exact) mass is 318 g/mol. The molecule has 0 saturated carbocycles. The van der Waals surface area contributed by atoms with Crippen molar-refractivity contribution in [1.82, 2.24) is 10.2 Å². The summed E-state index contributed by atoms with van der Waals surface area (Å²) < 4.78 is 5.64. The molecule has 1 heterocycles. The maximum atomic E-state index is 12.2. The third-order valence-corrected chi connectivity index (χ3v) is 3.60. The molecular formula is C14H20Cl2N2O2. The van der Waals surface area contributed by atoms with Crippen molar-refractivity contribution < 1.29 is 9.53 Å². The van der Waals surface area contributed by atoms with E-state index < -0.39 is 6.10 Å². The number of likely N-dealkylation sites (N-methyl/N-ethyl adjacent to an activating group) is 1. The number of carbonyl (C=O) groups excluding carboxylic acids is 1. The Hall–Kier alpha value is -0.970. The van der Waals surface area contributed by atoms with Crippen LogP contribution in [0.25, 0.3) is 0 Å². The molecule has 1 aliphatic rings. The lowest BCUT2D eigenvalue weighted by Crippen LogP contribution is -2.40. The smallest absolute Gasteiger partial charge is 0.263 e. The molecule has 1 amide bonds. The van der Waals surface area contributed by atoms with Crippen LogP contribution in [0.15, 0.2) is 24.3 Å². The molecule has 2 rings (SSSR count). The van der Waals surface area contributed by atoms with Crippen LogP contribution in [0.2, 0.25) is 5.02 Å². The van der Waals surface area contributed by atoms with E-state index in [-0.39, 0.29) is 18.3 Å². The molecule has 6 heteroatoms. The summed E-state index contributed by atoms with van der Waals surface area (Å²) in [6, 6.07) is 7.49. The summed E-state index contributed by atoms with van der Waals surface area (Å²) in [6.07, 6.45) is 0.501. The molecular weight excluding hydrogens is 299 g/mol. The molecule has 0 aromatic heterocycles. The molecule has 1 saturated heterocycles. The first-order valence-corrected chi connectivity index (χ1v) is 6.86. The highest BCUT2D eigenvalue weighted by atomic mass is 35.5. The molecule has 4 nitrogen and oxygen atoms in total. The number of carbonyl (C=O) groups is 1. The van der Waals surface area contributed by atoms with E-state index in [9.17, 15) is 4.79 Å². The molecule has 20 heavy (non-hydrogen) atoms. The highest BCUT2D eigenvalue weighted by Crippen LogP contribution is 2.19. The SMILES string of the molecule is CNC1CCN(C(=O)C(C)Oc2cccc(Cl)c2)C1.Cl. The highest BCUT2D eigenvalue weighted by molar-refractivity contribution is 6.30. The fraction of sp³-hybridized carbons (Fsp3) is 0.500. The molecule has 0 radical (unpaired) electrons. The van der Waals surface area contributed by atoms with Crippen molar-refractivity contribution in [3.8, 4) is 5.75 Å². The van der Waals surface area contributed by atoms with Gasteiger partial charge >= 0.3 is 0 Å². The van der Waals surface area contributed by atoms with Gasteiger partial charge < -0.3 is 15.0 Å². The molecule has 112 valence electrons. The van der Waals surface area contributed by atoms with Gasteiger partial charge in [0.15, 0.2) is 6.10 Å². The van der Waals surface area contributed by atoms with Crippen molar-refractivity contribution >= 4 is 29.9 Å². The first-order chi connectivity index (χ1) is 9.10. The number of rotatable bonds is 4. The third kappa shape index (κ3) is 4.27. The van der Waals surface area contributed by atoms with E-state index in [2.05, 4.69) is 5.32 Å². The van der Waals surface area contributed by atoms with E-state index in [1.807, 2.05) is 18.0 Å². The second-order valence-corrected chi connectivity index (χ2v) is 5.21. The first kappa shape index (κ1) is 17.1. The van der Waals surface area contributed by atoms with Gasteiger partial charge in [-0.05, 0) is 38.6 Å². The van der Waals surface area contributed by atoms with Crippen molar-refractivity contribution in [2.45, 2.75) is 25.5 Å². The minimum atomic E-state index is -0.492. The van der Waals surface area contributed by atoms with Gasteiger partial charge in [-0.15, -0.1) is 12.4 Å². The number of benzene rings is 1. The van der Waals surface area contributed by atoms with E-state index in [0.717, 1.165) is 19.5 Å². The van der Waals surface area contributed by atoms with Gasteiger partial charge in [0.1, 0.15) is 5.75 Å². The van der Waals surface area contributed by atoms with E-state index in [0.29, 0.717) is 16.8 Å². The summed E-state index contributed by atoms with van der Waals surface area (Å²) in [5.74, 6) is 0.649. The number of amides is 1. The van der Waals surface area contributed by atoms with Gasteiger partial charge in [0.2, 0.25) is 0 Å². The number of nitrogens with zero attached hydrogens (tertiary/aromatic N) is 1. The Bertz CT molecular complexity index is 457. The zero-order chi connectivity index (χ0) is 13.8. The lowest BCUT2D eigenvalue weighted by molar-refractivity contribution is -0.136. The largest absolute Gasteiger partial charge is 0.481 e. The van der Waals surface area contributed by atoms with Crippen molar-refractivity contribution in [2.75, 3.05) is 20.1 Å². The van der Waals surface area contributed by atoms with Gasteiger partial charge in [-0.1, -0.05) is 17.7 Å². The Kier molecular flexibility index (Phi) is 6.59. The normalized spacial score (nSPS) is 19.4. The number of nitrogens with one attached hydrogen (secondary N) is 1. The maximum absolute atomic E-state index is 12.2. The van der Waals surface area contributed by atoms with Crippen LogP contribution in [0.4, 0.5) is 0 Å². The minimum absolute atomic E-state index is 0. The summed E-state index contributed by atoms with van der Waals surface area (Å²) in [6.45, 7) is 3.31. The average molecular weight is 319 g/mol. The molecule has 1 aromatic carbocycles. The molecule has 1 fully saturated rings. The number of likely N-dealkylation sites (tertiary alicyclic amines) is 1. The van der Waals surface area contributed by atoms with Crippen LogP contribution in [-0.4, -0.2) is 43.1 Å². The Labute approximate surface area is 130 Å². The molecule has 2 unspecified atom stereocenters. The van der Waals surface area contributed by atoms with Gasteiger partial charge in [0.25, 0.3) is 5.91 Å². The van der Waals surface area contributed by atoms with Crippen LogP contribution < -0.4 is 10.1 Å². The van der Waals surface area contributed by atoms with Crippen LogP contribution in [0, 0.1) is 0 Å². The summed E-state index contributed by atoms with van der Waals surface area (Å²) in [5, 5.41) is 3.80. The van der Waals surface area contributed by atoms with Crippen molar-refractivity contribution in [1.29, 1.82) is 0 Å². The standard InChI is InChI=1S/C14H19ClN2O2.ClH/c1-10(19-13-5-3-4-11(15)8-13)14(18)17-7-6-12(9-17)16-2;/h3-5,8,10,12,16H,6-7,9H2,1-2H3;1H. The fourth-order valence-corrected chi connectivity index (χ4v) is 2.43. The zero-order valence-corrected chi connectivity index (χ0v) is 13.2. The predicted octanol–water partition coefficient (Wildman–Crippen LogP) is 2.35. The number of hydrogen-bond acceptors (Lipinski definition) is 3. The summed E-state index contributed by atoms with van der Waals surface area (Å²) in [4.78, 5) is 14.1. The van der Waals surface area contributed by atoms with Gasteiger partial charge in [-0.3, -0.25) is 4.79 Å². The molecule has 2 atom stereocenters. The van der Waals surface area contributed by atoms with E-state index in [1.165, 1.54) is 0 Å². The molecule has 0 aliphatic carbocycles. The highest BCUT2D eigenvalue weighted by Gasteiger charge is 2.29. The Morgan fingerprint density at radius 3 is 2.90 bits per heavy atom. The third-order valence-electron chi connectivity index (χ3n) is 3.36. The van der Waals surface area contributed by atoms with Crippen molar-refractivity contribution in [3.05, 3.63) is 29.3 Å². The second kappa shape index (κ2) is 7.72. The predicted molar refractivity (Wildman–Crippen MR) is 82.8 cm³/mol. The minimum Gasteiger partial charge on any atom is -0.481 e. The average Bonchev–Trinajstić information content (AvgIpc) is 2.86. The number of halogens is 2. The quantitative estimate of drug-likeness (QED) is 0.926. The summed E-state index contributed by atoms with van der Waals surface area (Å²) in [5.41, 5.74) is 0. The topological polar surface area (TPSA) is 41.6 Å². The van der Waals surface area contributed by atoms with Crippen LogP contribution in [-0.2, 0) is 4.79 Å². The Morgan fingerprint density at radius 1 is 1.55 bits per heavy atom. The lowest BCUT2D eigenvalue weighted by atomic mass is 10.3. The summed E-state index contributed by atoms with van der Waals surface area (Å²) in [7, 11) is 1.92. The molecule has 1 aromatic rings. The molecule has 1 aliphatic heterocycles. The number of ether oxygens (including phenoxy) is 1. The Morgan fingerprint density at radius 2 is 2.30 bits per heavy atom. The van der Waals surface area contributed by atoms with E-state index in [1.54, 1.807) is 25.1 Å².